The SMILES string of the molecule is CS(=O)(=O)c1ccc(O[C@H]2c3cc(Cl)cc(Cl)c3C[C@@H]2N2CC[C@H](N)C2)cc1. The maximum absolute atomic E-state index is 11.7. The van der Waals surface area contributed by atoms with Crippen LogP contribution >= 0.6 is 23.2 Å². The molecule has 4 rings (SSSR count). The topological polar surface area (TPSA) is 72.6 Å². The molecule has 1 saturated heterocycles. The Balaban J connectivity index is 1.67. The molecule has 8 heteroatoms. The van der Waals surface area contributed by atoms with Gasteiger partial charge in [0.15, 0.2) is 9.84 Å². The smallest absolute Gasteiger partial charge is 0.175 e. The van der Waals surface area contributed by atoms with Crippen LogP contribution in [-0.2, 0) is 16.3 Å². The maximum atomic E-state index is 11.7. The van der Waals surface area contributed by atoms with Crippen LogP contribution < -0.4 is 10.5 Å². The molecule has 1 aliphatic carbocycles. The standard InChI is InChI=1S/C20H22Cl2N2O3S/c1-28(25,26)15-4-2-14(3-5-15)27-20-17-8-12(21)9-18(22)16(17)10-19(20)24-7-6-13(23)11-24/h2-5,8-9,13,19-20H,6-7,10-11,23H2,1H3/t13-,19-,20-/m0/s1. The summed E-state index contributed by atoms with van der Waals surface area (Å²) in [6.07, 6.45) is 2.66. The normalized spacial score (nSPS) is 25.1. The van der Waals surface area contributed by atoms with Gasteiger partial charge in [-0.3, -0.25) is 4.90 Å². The van der Waals surface area contributed by atoms with E-state index in [0.29, 0.717) is 15.8 Å². The number of likely N-dealkylation sites (tertiary alicyclic amines) is 1. The lowest BCUT2D eigenvalue weighted by atomic mass is 10.1. The van der Waals surface area contributed by atoms with E-state index in [2.05, 4.69) is 4.90 Å². The van der Waals surface area contributed by atoms with Crippen molar-refractivity contribution in [2.24, 2.45) is 5.73 Å². The second-order valence-corrected chi connectivity index (χ2v) is 10.4. The molecule has 0 amide bonds. The van der Waals surface area contributed by atoms with Crippen molar-refractivity contribution in [2.45, 2.75) is 35.9 Å². The molecular weight excluding hydrogens is 419 g/mol. The minimum atomic E-state index is -3.25. The molecular formula is C20H22Cl2N2O3S. The van der Waals surface area contributed by atoms with E-state index in [1.807, 2.05) is 6.07 Å². The van der Waals surface area contributed by atoms with Crippen LogP contribution in [0, 0.1) is 0 Å². The van der Waals surface area contributed by atoms with Crippen molar-refractivity contribution in [1.29, 1.82) is 0 Å². The van der Waals surface area contributed by atoms with Crippen LogP contribution in [0.5, 0.6) is 5.75 Å². The highest BCUT2D eigenvalue weighted by molar-refractivity contribution is 7.90. The molecule has 0 aromatic heterocycles. The number of hydrogen-bond donors (Lipinski definition) is 1. The zero-order valence-electron chi connectivity index (χ0n) is 15.4. The van der Waals surface area contributed by atoms with E-state index in [0.717, 1.165) is 37.1 Å². The Morgan fingerprint density at radius 2 is 1.89 bits per heavy atom. The number of benzene rings is 2. The van der Waals surface area contributed by atoms with Crippen LogP contribution in [0.2, 0.25) is 10.0 Å². The number of nitrogens with zero attached hydrogens (tertiary/aromatic N) is 1. The third-order valence-electron chi connectivity index (χ3n) is 5.50. The number of sulfone groups is 1. The summed E-state index contributed by atoms with van der Waals surface area (Å²) in [5.41, 5.74) is 8.15. The van der Waals surface area contributed by atoms with Crippen molar-refractivity contribution in [3.63, 3.8) is 0 Å². The Morgan fingerprint density at radius 1 is 1.18 bits per heavy atom. The molecule has 2 N–H and O–H groups in total. The minimum Gasteiger partial charge on any atom is -0.484 e. The van der Waals surface area contributed by atoms with Gasteiger partial charge in [0.2, 0.25) is 0 Å². The number of halogens is 2. The molecule has 0 unspecified atom stereocenters. The van der Waals surface area contributed by atoms with Gasteiger partial charge in [0, 0.05) is 41.0 Å². The van der Waals surface area contributed by atoms with E-state index in [1.54, 1.807) is 30.3 Å². The first-order chi connectivity index (χ1) is 13.2. The van der Waals surface area contributed by atoms with Crippen LogP contribution in [0.15, 0.2) is 41.3 Å². The van der Waals surface area contributed by atoms with E-state index in [1.165, 1.54) is 6.26 Å². The molecule has 1 heterocycles. The molecule has 28 heavy (non-hydrogen) atoms. The average molecular weight is 441 g/mol. The van der Waals surface area contributed by atoms with Crippen molar-refractivity contribution >= 4 is 33.0 Å². The Kier molecular flexibility index (Phi) is 5.35. The number of rotatable bonds is 4. The summed E-state index contributed by atoms with van der Waals surface area (Å²) in [4.78, 5) is 2.62. The lowest BCUT2D eigenvalue weighted by molar-refractivity contribution is 0.0932. The Hall–Kier alpha value is -1.31. The number of hydrogen-bond acceptors (Lipinski definition) is 5. The molecule has 0 spiro atoms. The van der Waals surface area contributed by atoms with Gasteiger partial charge in [-0.2, -0.15) is 0 Å². The molecule has 0 radical (unpaired) electrons. The quantitative estimate of drug-likeness (QED) is 0.787. The van der Waals surface area contributed by atoms with Crippen molar-refractivity contribution < 1.29 is 13.2 Å². The van der Waals surface area contributed by atoms with E-state index >= 15 is 0 Å². The highest BCUT2D eigenvalue weighted by Gasteiger charge is 2.41. The predicted molar refractivity (Wildman–Crippen MR) is 111 cm³/mol. The first-order valence-electron chi connectivity index (χ1n) is 9.16. The van der Waals surface area contributed by atoms with E-state index in [9.17, 15) is 8.42 Å². The third-order valence-corrected chi connectivity index (χ3v) is 7.19. The molecule has 2 aromatic rings. The monoisotopic (exact) mass is 440 g/mol. The first kappa shape index (κ1) is 20.0. The molecule has 2 aliphatic rings. The highest BCUT2D eigenvalue weighted by Crippen LogP contribution is 2.43. The van der Waals surface area contributed by atoms with Gasteiger partial charge in [-0.25, -0.2) is 8.42 Å². The summed E-state index contributed by atoms with van der Waals surface area (Å²) in [6, 6.07) is 10.4. The van der Waals surface area contributed by atoms with Crippen LogP contribution in [0.1, 0.15) is 23.7 Å². The summed E-state index contributed by atoms with van der Waals surface area (Å²) >= 11 is 12.7. The second kappa shape index (κ2) is 7.50. The molecule has 2 aromatic carbocycles. The molecule has 1 aliphatic heterocycles. The van der Waals surface area contributed by atoms with E-state index in [-0.39, 0.29) is 23.1 Å². The van der Waals surface area contributed by atoms with Gasteiger partial charge in [0.1, 0.15) is 11.9 Å². The Bertz CT molecular complexity index is 995. The van der Waals surface area contributed by atoms with Crippen LogP contribution in [0.25, 0.3) is 0 Å². The predicted octanol–water partition coefficient (Wildman–Crippen LogP) is 3.47. The van der Waals surface area contributed by atoms with Gasteiger partial charge in [-0.05, 0) is 54.8 Å². The summed E-state index contributed by atoms with van der Waals surface area (Å²) in [7, 11) is -3.25. The van der Waals surface area contributed by atoms with Gasteiger partial charge in [0.05, 0.1) is 10.9 Å². The molecule has 150 valence electrons. The van der Waals surface area contributed by atoms with Gasteiger partial charge in [-0.15, -0.1) is 0 Å². The Morgan fingerprint density at radius 3 is 2.50 bits per heavy atom. The molecule has 1 fully saturated rings. The average Bonchev–Trinajstić information content (AvgIpc) is 3.19. The van der Waals surface area contributed by atoms with Crippen molar-refractivity contribution in [2.75, 3.05) is 19.3 Å². The first-order valence-corrected chi connectivity index (χ1v) is 11.8. The maximum Gasteiger partial charge on any atom is 0.175 e. The zero-order chi connectivity index (χ0) is 20.1. The van der Waals surface area contributed by atoms with E-state index < -0.39 is 9.84 Å². The number of ether oxygens (including phenoxy) is 1. The molecule has 3 atom stereocenters. The van der Waals surface area contributed by atoms with Gasteiger partial charge in [0.25, 0.3) is 0 Å². The third kappa shape index (κ3) is 3.89. The number of fused-ring (bicyclic) bond motifs is 1. The fourth-order valence-electron chi connectivity index (χ4n) is 4.11. The zero-order valence-corrected chi connectivity index (χ0v) is 17.8. The van der Waals surface area contributed by atoms with Crippen LogP contribution in [0.3, 0.4) is 0 Å². The number of nitrogens with two attached hydrogens (primary N) is 1. The fraction of sp³-hybridized carbons (Fsp3) is 0.400. The molecule has 0 bridgehead atoms. The summed E-state index contributed by atoms with van der Waals surface area (Å²) in [5, 5.41) is 1.22. The van der Waals surface area contributed by atoms with Crippen molar-refractivity contribution in [3.8, 4) is 5.75 Å². The van der Waals surface area contributed by atoms with Crippen LogP contribution in [-0.4, -0.2) is 44.7 Å². The molecule has 0 saturated carbocycles. The van der Waals surface area contributed by atoms with Gasteiger partial charge in [-0.1, -0.05) is 23.2 Å². The minimum absolute atomic E-state index is 0.106. The summed E-state index contributed by atoms with van der Waals surface area (Å²) < 4.78 is 29.7. The van der Waals surface area contributed by atoms with Crippen LogP contribution in [0.4, 0.5) is 0 Å². The van der Waals surface area contributed by atoms with Crippen molar-refractivity contribution in [3.05, 3.63) is 57.6 Å². The lowest BCUT2D eigenvalue weighted by Crippen LogP contribution is -2.40. The second-order valence-electron chi connectivity index (χ2n) is 7.55. The Labute approximate surface area is 175 Å². The fourth-order valence-corrected chi connectivity index (χ4v) is 5.32. The van der Waals surface area contributed by atoms with E-state index in [4.69, 9.17) is 33.7 Å². The lowest BCUT2D eigenvalue weighted by Gasteiger charge is -2.30. The van der Waals surface area contributed by atoms with Gasteiger partial charge >= 0.3 is 0 Å². The molecule has 5 nitrogen and oxygen atoms in total. The summed E-state index contributed by atoms with van der Waals surface area (Å²) in [6.45, 7) is 1.73. The van der Waals surface area contributed by atoms with Crippen molar-refractivity contribution in [1.82, 2.24) is 4.90 Å². The van der Waals surface area contributed by atoms with Gasteiger partial charge < -0.3 is 10.5 Å². The highest BCUT2D eigenvalue weighted by atomic mass is 35.5. The summed E-state index contributed by atoms with van der Waals surface area (Å²) in [5.74, 6) is 0.606. The largest absolute Gasteiger partial charge is 0.484 e.